The molecule has 2 aliphatic heterocycles. The van der Waals surface area contributed by atoms with E-state index in [0.29, 0.717) is 24.9 Å². The molecule has 2 aromatic rings. The first-order valence-corrected chi connectivity index (χ1v) is 11.8. The Morgan fingerprint density at radius 1 is 1.07 bits per heavy atom. The minimum atomic E-state index is -4.08. The summed E-state index contributed by atoms with van der Waals surface area (Å²) in [6.07, 6.45) is 4.76. The van der Waals surface area contributed by atoms with E-state index in [1.54, 1.807) is 21.9 Å². The van der Waals surface area contributed by atoms with Crippen molar-refractivity contribution in [3.63, 3.8) is 0 Å². The number of urea groups is 1. The van der Waals surface area contributed by atoms with Crippen LogP contribution in [0.4, 0.5) is 4.79 Å². The Bertz CT molecular complexity index is 1080. The zero-order valence-corrected chi connectivity index (χ0v) is 17.8. The molecule has 1 N–H and O–H groups in total. The summed E-state index contributed by atoms with van der Waals surface area (Å²) in [5.41, 5.74) is 1.25. The molecule has 1 unspecified atom stereocenters. The van der Waals surface area contributed by atoms with Crippen LogP contribution < -0.4 is 4.72 Å². The van der Waals surface area contributed by atoms with Crippen LogP contribution in [0.15, 0.2) is 35.4 Å². The van der Waals surface area contributed by atoms with Crippen LogP contribution in [0.2, 0.25) is 0 Å². The number of sulfonamides is 1. The van der Waals surface area contributed by atoms with E-state index in [1.165, 1.54) is 12.3 Å². The van der Waals surface area contributed by atoms with Gasteiger partial charge in [-0.25, -0.2) is 17.9 Å². The maximum atomic E-state index is 13.0. The molecule has 0 spiro atoms. The molecule has 1 aromatic carbocycles. The van der Waals surface area contributed by atoms with Gasteiger partial charge in [-0.05, 0) is 50.3 Å². The van der Waals surface area contributed by atoms with E-state index in [1.807, 2.05) is 13.0 Å². The van der Waals surface area contributed by atoms with Crippen LogP contribution in [0.25, 0.3) is 10.9 Å². The number of piperidine rings is 1. The Kier molecular flexibility index (Phi) is 5.64. The van der Waals surface area contributed by atoms with Gasteiger partial charge in [-0.1, -0.05) is 12.1 Å². The SMILES string of the molecule is Cc1ccc(S(=O)(=O)NC(=O)C2CCCN(C(=O)N3CCCC3)C2)c2ncccc12. The summed E-state index contributed by atoms with van der Waals surface area (Å²) >= 11 is 0. The number of aryl methyl sites for hydroxylation is 1. The van der Waals surface area contributed by atoms with Gasteiger partial charge >= 0.3 is 6.03 Å². The van der Waals surface area contributed by atoms with Crippen LogP contribution in [0, 0.1) is 12.8 Å². The van der Waals surface area contributed by atoms with Gasteiger partial charge < -0.3 is 9.80 Å². The molecule has 2 saturated heterocycles. The zero-order valence-electron chi connectivity index (χ0n) is 17.0. The minimum Gasteiger partial charge on any atom is -0.325 e. The van der Waals surface area contributed by atoms with Gasteiger partial charge in [0.1, 0.15) is 4.90 Å². The normalized spacial score (nSPS) is 19.8. The van der Waals surface area contributed by atoms with Crippen LogP contribution in [0.3, 0.4) is 0 Å². The van der Waals surface area contributed by atoms with Gasteiger partial charge in [-0.3, -0.25) is 9.78 Å². The number of amides is 3. The topological polar surface area (TPSA) is 99.7 Å². The summed E-state index contributed by atoms with van der Waals surface area (Å²) in [6, 6.07) is 6.69. The Balaban J connectivity index is 1.50. The Morgan fingerprint density at radius 3 is 2.57 bits per heavy atom. The van der Waals surface area contributed by atoms with E-state index in [9.17, 15) is 18.0 Å². The van der Waals surface area contributed by atoms with Crippen LogP contribution in [0.1, 0.15) is 31.2 Å². The number of aromatic nitrogens is 1. The van der Waals surface area contributed by atoms with Crippen molar-refractivity contribution in [1.82, 2.24) is 19.5 Å². The molecule has 30 heavy (non-hydrogen) atoms. The molecule has 4 rings (SSSR count). The van der Waals surface area contributed by atoms with Gasteiger partial charge in [-0.15, -0.1) is 0 Å². The van der Waals surface area contributed by atoms with Gasteiger partial charge in [0.05, 0.1) is 11.4 Å². The predicted octanol–water partition coefficient (Wildman–Crippen LogP) is 2.28. The van der Waals surface area contributed by atoms with Crippen molar-refractivity contribution in [2.45, 2.75) is 37.5 Å². The van der Waals surface area contributed by atoms with E-state index >= 15 is 0 Å². The summed E-state index contributed by atoms with van der Waals surface area (Å²) in [5, 5.41) is 0.730. The highest BCUT2D eigenvalue weighted by Gasteiger charge is 2.33. The maximum Gasteiger partial charge on any atom is 0.320 e. The molecule has 0 bridgehead atoms. The number of nitrogens with one attached hydrogen (secondary N) is 1. The Morgan fingerprint density at radius 2 is 1.80 bits per heavy atom. The molecule has 1 atom stereocenters. The minimum absolute atomic E-state index is 0.0159. The largest absolute Gasteiger partial charge is 0.325 e. The number of rotatable bonds is 3. The van der Waals surface area contributed by atoms with Gasteiger partial charge in [0.25, 0.3) is 10.0 Å². The van der Waals surface area contributed by atoms with E-state index < -0.39 is 21.8 Å². The zero-order chi connectivity index (χ0) is 21.3. The summed E-state index contributed by atoms with van der Waals surface area (Å²) in [5.74, 6) is -1.12. The average molecular weight is 431 g/mol. The predicted molar refractivity (Wildman–Crippen MR) is 112 cm³/mol. The Labute approximate surface area is 176 Å². The fourth-order valence-corrected chi connectivity index (χ4v) is 5.46. The molecule has 160 valence electrons. The summed E-state index contributed by atoms with van der Waals surface area (Å²) in [6.45, 7) is 4.21. The standard InChI is InChI=1S/C21H26N4O4S/c1-15-8-9-18(19-17(15)7-4-10-22-19)30(28,29)23-20(26)16-6-5-13-25(14-16)21(27)24-11-2-3-12-24/h4,7-10,16H,2-3,5-6,11-14H2,1H3,(H,23,26). The van der Waals surface area contributed by atoms with Crippen molar-refractivity contribution in [1.29, 1.82) is 0 Å². The third-order valence-electron chi connectivity index (χ3n) is 5.91. The molecule has 0 saturated carbocycles. The third kappa shape index (κ3) is 3.98. The summed E-state index contributed by atoms with van der Waals surface area (Å²) in [7, 11) is -4.08. The van der Waals surface area contributed by atoms with E-state index in [2.05, 4.69) is 9.71 Å². The molecule has 9 heteroatoms. The highest BCUT2D eigenvalue weighted by Crippen LogP contribution is 2.25. The monoisotopic (exact) mass is 430 g/mol. The van der Waals surface area contributed by atoms with Crippen molar-refractivity contribution < 1.29 is 18.0 Å². The highest BCUT2D eigenvalue weighted by molar-refractivity contribution is 7.90. The van der Waals surface area contributed by atoms with Gasteiger partial charge in [0, 0.05) is 37.8 Å². The second-order valence-corrected chi connectivity index (χ2v) is 9.66. The van der Waals surface area contributed by atoms with Crippen molar-refractivity contribution in [3.05, 3.63) is 36.0 Å². The second-order valence-electron chi connectivity index (χ2n) is 8.01. The number of benzene rings is 1. The van der Waals surface area contributed by atoms with E-state index in [0.717, 1.165) is 36.9 Å². The molecule has 0 radical (unpaired) electrons. The quantitative estimate of drug-likeness (QED) is 0.805. The average Bonchev–Trinajstić information content (AvgIpc) is 3.28. The van der Waals surface area contributed by atoms with Crippen molar-refractivity contribution in [2.75, 3.05) is 26.2 Å². The van der Waals surface area contributed by atoms with Crippen molar-refractivity contribution >= 4 is 32.9 Å². The van der Waals surface area contributed by atoms with Crippen LogP contribution >= 0.6 is 0 Å². The number of fused-ring (bicyclic) bond motifs is 1. The summed E-state index contributed by atoms with van der Waals surface area (Å²) in [4.78, 5) is 33.1. The maximum absolute atomic E-state index is 13.0. The molecule has 1 aromatic heterocycles. The first kappa shape index (κ1) is 20.6. The number of nitrogens with zero attached hydrogens (tertiary/aromatic N) is 3. The first-order chi connectivity index (χ1) is 14.4. The molecule has 0 aliphatic carbocycles. The molecule has 8 nitrogen and oxygen atoms in total. The van der Waals surface area contributed by atoms with Gasteiger partial charge in [0.15, 0.2) is 0 Å². The third-order valence-corrected chi connectivity index (χ3v) is 7.29. The van der Waals surface area contributed by atoms with Gasteiger partial charge in [-0.2, -0.15) is 0 Å². The number of likely N-dealkylation sites (tertiary alicyclic amines) is 2. The second kappa shape index (κ2) is 8.22. The smallest absolute Gasteiger partial charge is 0.320 e. The molecular formula is C21H26N4O4S. The number of carbonyl (C=O) groups excluding carboxylic acids is 2. The lowest BCUT2D eigenvalue weighted by atomic mass is 9.98. The molecular weight excluding hydrogens is 404 g/mol. The number of pyridine rings is 1. The first-order valence-electron chi connectivity index (χ1n) is 10.3. The van der Waals surface area contributed by atoms with E-state index in [4.69, 9.17) is 0 Å². The lowest BCUT2D eigenvalue weighted by Gasteiger charge is -2.34. The van der Waals surface area contributed by atoms with Crippen LogP contribution in [-0.2, 0) is 14.8 Å². The van der Waals surface area contributed by atoms with Gasteiger partial charge in [0.2, 0.25) is 5.91 Å². The lowest BCUT2D eigenvalue weighted by molar-refractivity contribution is -0.124. The fraction of sp³-hybridized carbons (Fsp3) is 0.476. The van der Waals surface area contributed by atoms with Crippen molar-refractivity contribution in [3.8, 4) is 0 Å². The fourth-order valence-electron chi connectivity index (χ4n) is 4.25. The molecule has 2 aliphatic rings. The lowest BCUT2D eigenvalue weighted by Crippen LogP contribution is -2.50. The summed E-state index contributed by atoms with van der Waals surface area (Å²) < 4.78 is 28.2. The van der Waals surface area contributed by atoms with Crippen LogP contribution in [-0.4, -0.2) is 61.3 Å². The van der Waals surface area contributed by atoms with Crippen LogP contribution in [0.5, 0.6) is 0 Å². The molecule has 3 heterocycles. The molecule has 3 amide bonds. The number of hydrogen-bond donors (Lipinski definition) is 1. The molecule has 2 fully saturated rings. The van der Waals surface area contributed by atoms with E-state index in [-0.39, 0.29) is 17.5 Å². The highest BCUT2D eigenvalue weighted by atomic mass is 32.2. The number of carbonyl (C=O) groups is 2. The van der Waals surface area contributed by atoms with Crippen molar-refractivity contribution in [2.24, 2.45) is 5.92 Å². The Hall–Kier alpha value is -2.68. The number of hydrogen-bond acceptors (Lipinski definition) is 5.